The molecule has 0 amide bonds. The minimum Gasteiger partial charge on any atom is -0.294 e. The second-order valence-electron chi connectivity index (χ2n) is 5.00. The van der Waals surface area contributed by atoms with Gasteiger partial charge in [0.15, 0.2) is 5.78 Å². The van der Waals surface area contributed by atoms with Crippen LogP contribution in [0.4, 0.5) is 0 Å². The molecule has 0 atom stereocenters. The van der Waals surface area contributed by atoms with Crippen molar-refractivity contribution in [1.82, 2.24) is 0 Å². The molecule has 18 heavy (non-hydrogen) atoms. The van der Waals surface area contributed by atoms with E-state index in [4.69, 9.17) is 0 Å². The molecule has 0 N–H and O–H groups in total. The Bertz CT molecular complexity index is 448. The fraction of sp³-hybridized carbons (Fsp3) is 0.353. The van der Waals surface area contributed by atoms with Crippen LogP contribution in [-0.2, 0) is 0 Å². The highest BCUT2D eigenvalue weighted by Crippen LogP contribution is 2.18. The van der Waals surface area contributed by atoms with Crippen molar-refractivity contribution in [2.75, 3.05) is 0 Å². The molecule has 0 saturated carbocycles. The average molecular weight is 242 g/mol. The molecule has 0 radical (unpaired) electrons. The molecule has 0 spiro atoms. The summed E-state index contributed by atoms with van der Waals surface area (Å²) < 4.78 is 0. The quantitative estimate of drug-likeness (QED) is 0.509. The predicted molar refractivity (Wildman–Crippen MR) is 77.8 cm³/mol. The predicted octanol–water partition coefficient (Wildman–Crippen LogP) is 4.95. The Kier molecular flexibility index (Phi) is 5.57. The summed E-state index contributed by atoms with van der Waals surface area (Å²) in [5.74, 6) is 0.201. The average Bonchev–Trinajstić information content (AvgIpc) is 2.36. The molecule has 0 unspecified atom stereocenters. The largest absolute Gasteiger partial charge is 0.294 e. The van der Waals surface area contributed by atoms with Gasteiger partial charge in [-0.25, -0.2) is 0 Å². The number of ketones is 1. The summed E-state index contributed by atoms with van der Waals surface area (Å²) in [6, 6.07) is 9.46. The van der Waals surface area contributed by atoms with Gasteiger partial charge in [0, 0.05) is 12.0 Å². The zero-order valence-corrected chi connectivity index (χ0v) is 11.6. The lowest BCUT2D eigenvalue weighted by atomic mass is 9.98. The van der Waals surface area contributed by atoms with Crippen molar-refractivity contribution in [3.05, 3.63) is 59.2 Å². The van der Waals surface area contributed by atoms with Crippen molar-refractivity contribution >= 4 is 5.78 Å². The highest BCUT2D eigenvalue weighted by atomic mass is 16.1. The number of carbonyl (C=O) groups excluding carboxylic acids is 1. The minimum absolute atomic E-state index is 0.201. The molecule has 1 rings (SSSR count). The maximum atomic E-state index is 11.9. The number of benzene rings is 1. The smallest absolute Gasteiger partial charge is 0.163 e. The van der Waals surface area contributed by atoms with Crippen molar-refractivity contribution < 1.29 is 4.79 Å². The van der Waals surface area contributed by atoms with Gasteiger partial charge in [-0.05, 0) is 33.6 Å². The third-order valence-corrected chi connectivity index (χ3v) is 3.17. The maximum Gasteiger partial charge on any atom is 0.163 e. The summed E-state index contributed by atoms with van der Waals surface area (Å²) in [7, 11) is 0. The molecule has 0 aliphatic rings. The summed E-state index contributed by atoms with van der Waals surface area (Å²) in [4.78, 5) is 11.9. The molecule has 0 aromatic heterocycles. The van der Waals surface area contributed by atoms with Gasteiger partial charge in [-0.3, -0.25) is 4.79 Å². The van der Waals surface area contributed by atoms with Crippen molar-refractivity contribution in [3.63, 3.8) is 0 Å². The van der Waals surface area contributed by atoms with Crippen LogP contribution in [0.15, 0.2) is 53.6 Å². The molecule has 0 fully saturated rings. The van der Waals surface area contributed by atoms with Crippen LogP contribution < -0.4 is 0 Å². The summed E-state index contributed by atoms with van der Waals surface area (Å²) in [5, 5.41) is 0. The van der Waals surface area contributed by atoms with Gasteiger partial charge >= 0.3 is 0 Å². The van der Waals surface area contributed by atoms with Gasteiger partial charge in [0.2, 0.25) is 0 Å². The van der Waals surface area contributed by atoms with Crippen molar-refractivity contribution in [2.24, 2.45) is 0 Å². The summed E-state index contributed by atoms with van der Waals surface area (Å²) in [5.41, 5.74) is 4.62. The van der Waals surface area contributed by atoms with Crippen LogP contribution in [0.5, 0.6) is 0 Å². The topological polar surface area (TPSA) is 17.1 Å². The van der Waals surface area contributed by atoms with E-state index < -0.39 is 0 Å². The van der Waals surface area contributed by atoms with Crippen LogP contribution in [0.25, 0.3) is 0 Å². The molecule has 1 aromatic rings. The highest BCUT2D eigenvalue weighted by Gasteiger charge is 2.06. The van der Waals surface area contributed by atoms with E-state index >= 15 is 0 Å². The number of carbonyl (C=O) groups is 1. The molecule has 96 valence electrons. The van der Waals surface area contributed by atoms with Crippen molar-refractivity contribution in [2.45, 2.75) is 40.0 Å². The van der Waals surface area contributed by atoms with Crippen molar-refractivity contribution in [3.8, 4) is 0 Å². The fourth-order valence-electron chi connectivity index (χ4n) is 1.70. The zero-order chi connectivity index (χ0) is 13.5. The molecule has 0 aliphatic heterocycles. The van der Waals surface area contributed by atoms with E-state index in [-0.39, 0.29) is 5.78 Å². The van der Waals surface area contributed by atoms with Crippen LogP contribution in [-0.4, -0.2) is 5.78 Å². The zero-order valence-electron chi connectivity index (χ0n) is 11.6. The van der Waals surface area contributed by atoms with Crippen LogP contribution in [0.3, 0.4) is 0 Å². The van der Waals surface area contributed by atoms with E-state index in [1.807, 2.05) is 30.3 Å². The van der Waals surface area contributed by atoms with E-state index in [9.17, 15) is 4.79 Å². The Morgan fingerprint density at radius 1 is 1.06 bits per heavy atom. The minimum atomic E-state index is 0.201. The highest BCUT2D eigenvalue weighted by molar-refractivity contribution is 5.96. The normalized spacial score (nSPS) is 9.94. The lowest BCUT2D eigenvalue weighted by Gasteiger charge is -2.07. The van der Waals surface area contributed by atoms with E-state index in [0.717, 1.165) is 24.0 Å². The first kappa shape index (κ1) is 14.4. The first-order valence-electron chi connectivity index (χ1n) is 6.38. The van der Waals surface area contributed by atoms with Gasteiger partial charge in [-0.15, -0.1) is 0 Å². The lowest BCUT2D eigenvalue weighted by Crippen LogP contribution is -1.99. The SMILES string of the molecule is C=C(CCC(=O)c1ccccc1)CC(C)=C(C)C. The number of rotatable bonds is 6. The van der Waals surface area contributed by atoms with E-state index in [2.05, 4.69) is 27.4 Å². The van der Waals surface area contributed by atoms with Crippen LogP contribution in [0.2, 0.25) is 0 Å². The molecule has 0 bridgehead atoms. The number of hydrogen-bond acceptors (Lipinski definition) is 1. The maximum absolute atomic E-state index is 11.9. The number of hydrogen-bond donors (Lipinski definition) is 0. The molecular weight excluding hydrogens is 220 g/mol. The van der Waals surface area contributed by atoms with Crippen LogP contribution in [0, 0.1) is 0 Å². The second-order valence-corrected chi connectivity index (χ2v) is 5.00. The fourth-order valence-corrected chi connectivity index (χ4v) is 1.70. The van der Waals surface area contributed by atoms with Gasteiger partial charge in [-0.1, -0.05) is 53.6 Å². The van der Waals surface area contributed by atoms with E-state index in [1.165, 1.54) is 11.1 Å². The van der Waals surface area contributed by atoms with Gasteiger partial charge in [0.05, 0.1) is 0 Å². The van der Waals surface area contributed by atoms with E-state index in [0.29, 0.717) is 6.42 Å². The van der Waals surface area contributed by atoms with Gasteiger partial charge in [-0.2, -0.15) is 0 Å². The summed E-state index contributed by atoms with van der Waals surface area (Å²) in [6.07, 6.45) is 2.24. The lowest BCUT2D eigenvalue weighted by molar-refractivity contribution is 0.0982. The first-order valence-corrected chi connectivity index (χ1v) is 6.38. The molecule has 1 aromatic carbocycles. The molecular formula is C17H22O. The van der Waals surface area contributed by atoms with Gasteiger partial charge in [0.1, 0.15) is 0 Å². The summed E-state index contributed by atoms with van der Waals surface area (Å²) >= 11 is 0. The van der Waals surface area contributed by atoms with E-state index in [1.54, 1.807) is 0 Å². The number of Topliss-reactive ketones (excluding diaryl/α,β-unsaturated/α-hetero) is 1. The molecule has 0 aliphatic carbocycles. The Balaban J connectivity index is 2.45. The third-order valence-electron chi connectivity index (χ3n) is 3.17. The standard InChI is InChI=1S/C17H22O/c1-13(2)15(4)12-14(3)10-11-17(18)16-8-6-5-7-9-16/h5-9H,3,10-12H2,1-2,4H3. The Morgan fingerprint density at radius 3 is 2.22 bits per heavy atom. The monoisotopic (exact) mass is 242 g/mol. The van der Waals surface area contributed by atoms with Gasteiger partial charge < -0.3 is 0 Å². The Hall–Kier alpha value is -1.63. The molecule has 0 heterocycles. The Morgan fingerprint density at radius 2 is 1.67 bits per heavy atom. The van der Waals surface area contributed by atoms with Crippen LogP contribution >= 0.6 is 0 Å². The second kappa shape index (κ2) is 6.95. The molecule has 1 heteroatoms. The summed E-state index contributed by atoms with van der Waals surface area (Å²) in [6.45, 7) is 10.4. The van der Waals surface area contributed by atoms with Crippen molar-refractivity contribution in [1.29, 1.82) is 0 Å². The number of allylic oxidation sites excluding steroid dienone is 3. The Labute approximate surface area is 110 Å². The molecule has 0 saturated heterocycles. The van der Waals surface area contributed by atoms with Gasteiger partial charge in [0.25, 0.3) is 0 Å². The first-order chi connectivity index (χ1) is 8.50. The molecule has 1 nitrogen and oxygen atoms in total. The van der Waals surface area contributed by atoms with Crippen LogP contribution in [0.1, 0.15) is 50.4 Å². The third kappa shape index (κ3) is 4.70.